The number of alkyl carbamates (subject to hydrolysis) is 1. The lowest BCUT2D eigenvalue weighted by Gasteiger charge is -2.21. The first-order valence-corrected chi connectivity index (χ1v) is 10.7. The molecule has 6 heteroatoms. The zero-order chi connectivity index (χ0) is 22.8. The molecule has 1 aromatic rings. The minimum atomic E-state index is -0.534. The summed E-state index contributed by atoms with van der Waals surface area (Å²) >= 11 is 3.35. The quantitative estimate of drug-likeness (QED) is 0.508. The Morgan fingerprint density at radius 3 is 1.89 bits per heavy atom. The molecule has 1 aromatic carbocycles. The molecule has 0 fully saturated rings. The molecule has 0 aromatic heterocycles. The van der Waals surface area contributed by atoms with Crippen LogP contribution in [0.25, 0.3) is 0 Å². The van der Waals surface area contributed by atoms with Crippen LogP contribution in [0.4, 0.5) is 4.79 Å². The maximum absolute atomic E-state index is 11.3. The number of aryl methyl sites for hydroxylation is 1. The molecule has 0 heterocycles. The maximum atomic E-state index is 11.3. The molecule has 0 aliphatic carbocycles. The van der Waals surface area contributed by atoms with E-state index in [-0.39, 0.29) is 18.4 Å². The predicted molar refractivity (Wildman–Crippen MR) is 122 cm³/mol. The zero-order valence-corrected chi connectivity index (χ0v) is 20.9. The molecule has 0 bridgehead atoms. The number of hydrogen-bond donors (Lipinski definition) is 1. The van der Waals surface area contributed by atoms with Crippen molar-refractivity contribution in [1.29, 1.82) is 0 Å². The van der Waals surface area contributed by atoms with E-state index in [9.17, 15) is 9.59 Å². The van der Waals surface area contributed by atoms with Crippen molar-refractivity contribution in [1.82, 2.24) is 5.32 Å². The highest BCUT2D eigenvalue weighted by Crippen LogP contribution is 2.09. The van der Waals surface area contributed by atoms with Crippen molar-refractivity contribution in [2.75, 3.05) is 6.61 Å². The Morgan fingerprint density at radius 1 is 1.07 bits per heavy atom. The highest BCUT2D eigenvalue weighted by Gasteiger charge is 2.19. The van der Waals surface area contributed by atoms with E-state index < -0.39 is 11.7 Å². The van der Waals surface area contributed by atoms with E-state index in [1.807, 2.05) is 39.8 Å². The standard InChI is InChI=1S/C11H21NO4.C7H7Br.2C2H6/c1-6-15-9(13)7-8(2)12-10(14)16-11(3,4)5;1-6-2-4-7(8)5-3-6;2*1-2/h8H,6-7H2,1-5H3,(H,12,14);2-5H,1H3;2*1-2H3. The molecule has 164 valence electrons. The monoisotopic (exact) mass is 461 g/mol. The van der Waals surface area contributed by atoms with Gasteiger partial charge in [0.05, 0.1) is 13.0 Å². The molecule has 1 rings (SSSR count). The average Bonchev–Trinajstić information content (AvgIpc) is 2.60. The molecule has 5 nitrogen and oxygen atoms in total. The van der Waals surface area contributed by atoms with Gasteiger partial charge in [-0.2, -0.15) is 0 Å². The summed E-state index contributed by atoms with van der Waals surface area (Å²) in [6.45, 7) is 19.2. The van der Waals surface area contributed by atoms with Crippen LogP contribution in [0.2, 0.25) is 0 Å². The Morgan fingerprint density at radius 2 is 1.54 bits per heavy atom. The molecule has 1 unspecified atom stereocenters. The van der Waals surface area contributed by atoms with Crippen molar-refractivity contribution in [2.24, 2.45) is 0 Å². The topological polar surface area (TPSA) is 64.6 Å². The first kappa shape index (κ1) is 31.1. The van der Waals surface area contributed by atoms with Crippen molar-refractivity contribution in [3.05, 3.63) is 34.3 Å². The summed E-state index contributed by atoms with van der Waals surface area (Å²) in [5.74, 6) is -0.328. The van der Waals surface area contributed by atoms with Crippen molar-refractivity contribution >= 4 is 28.0 Å². The summed E-state index contributed by atoms with van der Waals surface area (Å²) in [5.41, 5.74) is 0.765. The van der Waals surface area contributed by atoms with Gasteiger partial charge in [0.15, 0.2) is 0 Å². The van der Waals surface area contributed by atoms with E-state index in [1.54, 1.807) is 34.6 Å². The van der Waals surface area contributed by atoms with E-state index in [1.165, 1.54) is 5.56 Å². The van der Waals surface area contributed by atoms with Gasteiger partial charge in [0.1, 0.15) is 5.60 Å². The second kappa shape index (κ2) is 18.8. The molecule has 0 saturated carbocycles. The van der Waals surface area contributed by atoms with E-state index in [0.29, 0.717) is 6.61 Å². The van der Waals surface area contributed by atoms with Gasteiger partial charge < -0.3 is 14.8 Å². The van der Waals surface area contributed by atoms with Gasteiger partial charge in [-0.15, -0.1) is 0 Å². The fourth-order valence-electron chi connectivity index (χ4n) is 1.56. The van der Waals surface area contributed by atoms with Crippen molar-refractivity contribution < 1.29 is 19.1 Å². The molecule has 1 atom stereocenters. The number of rotatable bonds is 4. The maximum Gasteiger partial charge on any atom is 0.407 e. The van der Waals surface area contributed by atoms with Gasteiger partial charge >= 0.3 is 12.1 Å². The third kappa shape index (κ3) is 22.5. The van der Waals surface area contributed by atoms with Crippen LogP contribution in [-0.2, 0) is 14.3 Å². The van der Waals surface area contributed by atoms with E-state index >= 15 is 0 Å². The number of ether oxygens (including phenoxy) is 2. The van der Waals surface area contributed by atoms with Crippen LogP contribution in [0.5, 0.6) is 0 Å². The Hall–Kier alpha value is -1.56. The molecule has 0 aliphatic rings. The molecule has 0 saturated heterocycles. The molecule has 0 aliphatic heterocycles. The SMILES string of the molecule is CC.CC.CCOC(=O)CC(C)NC(=O)OC(C)(C)C.Cc1ccc(Br)cc1. The Kier molecular flexibility index (Phi) is 20.9. The number of nitrogens with one attached hydrogen (secondary N) is 1. The Balaban J connectivity index is -0.000000432. The van der Waals surface area contributed by atoms with Crippen LogP contribution in [0.15, 0.2) is 28.7 Å². The minimum Gasteiger partial charge on any atom is -0.466 e. The van der Waals surface area contributed by atoms with Gasteiger partial charge in [0.2, 0.25) is 0 Å². The summed E-state index contributed by atoms with van der Waals surface area (Å²) in [6.07, 6.45) is -0.378. The highest BCUT2D eigenvalue weighted by atomic mass is 79.9. The lowest BCUT2D eigenvalue weighted by atomic mass is 10.2. The fraction of sp³-hybridized carbons (Fsp3) is 0.636. The number of hydrogen-bond acceptors (Lipinski definition) is 4. The normalized spacial score (nSPS) is 10.4. The van der Waals surface area contributed by atoms with Gasteiger partial charge in [0, 0.05) is 10.5 Å². The third-order valence-corrected chi connectivity index (χ3v) is 3.08. The second-order valence-corrected chi connectivity index (χ2v) is 7.27. The van der Waals surface area contributed by atoms with Crippen LogP contribution in [0, 0.1) is 6.92 Å². The first-order chi connectivity index (χ1) is 13.0. The fourth-order valence-corrected chi connectivity index (χ4v) is 1.83. The van der Waals surface area contributed by atoms with Gasteiger partial charge in [-0.05, 0) is 53.7 Å². The second-order valence-electron chi connectivity index (χ2n) is 6.35. The minimum absolute atomic E-state index is 0.146. The van der Waals surface area contributed by atoms with Crippen LogP contribution >= 0.6 is 15.9 Å². The van der Waals surface area contributed by atoms with Crippen LogP contribution in [-0.4, -0.2) is 30.3 Å². The number of halogens is 1. The Labute approximate surface area is 180 Å². The predicted octanol–water partition coefficient (Wildman–Crippen LogP) is 6.66. The lowest BCUT2D eigenvalue weighted by molar-refractivity contribution is -0.143. The molecule has 0 spiro atoms. The number of amides is 1. The summed E-state index contributed by atoms with van der Waals surface area (Å²) in [4.78, 5) is 22.4. The zero-order valence-electron chi connectivity index (χ0n) is 19.3. The summed E-state index contributed by atoms with van der Waals surface area (Å²) < 4.78 is 11.0. The van der Waals surface area contributed by atoms with E-state index in [2.05, 4.69) is 40.3 Å². The summed E-state index contributed by atoms with van der Waals surface area (Å²) in [6, 6.07) is 7.92. The molecule has 1 amide bonds. The van der Waals surface area contributed by atoms with Gasteiger partial charge in [-0.25, -0.2) is 4.79 Å². The lowest BCUT2D eigenvalue weighted by Crippen LogP contribution is -2.38. The van der Waals surface area contributed by atoms with Crippen molar-refractivity contribution in [2.45, 2.75) is 87.3 Å². The molecule has 0 radical (unpaired) electrons. The number of esters is 1. The van der Waals surface area contributed by atoms with Crippen LogP contribution < -0.4 is 5.32 Å². The number of benzene rings is 1. The van der Waals surface area contributed by atoms with Gasteiger partial charge in [0.25, 0.3) is 0 Å². The van der Waals surface area contributed by atoms with Crippen LogP contribution in [0.1, 0.15) is 74.3 Å². The van der Waals surface area contributed by atoms with Crippen molar-refractivity contribution in [3.8, 4) is 0 Å². The molecule has 28 heavy (non-hydrogen) atoms. The number of carbonyl (C=O) groups excluding carboxylic acids is 2. The summed E-state index contributed by atoms with van der Waals surface area (Å²) in [5, 5.41) is 2.56. The Bertz CT molecular complexity index is 489. The average molecular weight is 462 g/mol. The van der Waals surface area contributed by atoms with E-state index in [4.69, 9.17) is 9.47 Å². The van der Waals surface area contributed by atoms with Gasteiger partial charge in [-0.3, -0.25) is 4.79 Å². The smallest absolute Gasteiger partial charge is 0.407 e. The first-order valence-electron chi connectivity index (χ1n) is 9.90. The van der Waals surface area contributed by atoms with E-state index in [0.717, 1.165) is 4.47 Å². The van der Waals surface area contributed by atoms with Crippen LogP contribution in [0.3, 0.4) is 0 Å². The summed E-state index contributed by atoms with van der Waals surface area (Å²) in [7, 11) is 0. The highest BCUT2D eigenvalue weighted by molar-refractivity contribution is 9.10. The number of carbonyl (C=O) groups is 2. The molecular formula is C22H40BrNO4. The van der Waals surface area contributed by atoms with Crippen molar-refractivity contribution in [3.63, 3.8) is 0 Å². The van der Waals surface area contributed by atoms with Gasteiger partial charge in [-0.1, -0.05) is 61.3 Å². The molecular weight excluding hydrogens is 422 g/mol. The largest absolute Gasteiger partial charge is 0.466 e. The molecule has 1 N–H and O–H groups in total. The third-order valence-electron chi connectivity index (χ3n) is 2.55.